The van der Waals surface area contributed by atoms with Crippen LogP contribution in [0, 0.1) is 0 Å². The number of benzene rings is 11. The van der Waals surface area contributed by atoms with Gasteiger partial charge >= 0.3 is 0 Å². The van der Waals surface area contributed by atoms with Crippen LogP contribution in [0.1, 0.15) is 0 Å². The normalized spacial score (nSPS) is 11.4. The molecule has 0 radical (unpaired) electrons. The molecule has 11 aromatic carbocycles. The molecule has 0 atom stereocenters. The highest BCUT2D eigenvalue weighted by molar-refractivity contribution is 6.13. The molecule has 0 spiro atoms. The fraction of sp³-hybridized carbons (Fsp3) is 0. The molecule has 0 bridgehead atoms. The molecular weight excluding hydrogens is 711 g/mol. The Labute approximate surface area is 344 Å². The Hall–Kier alpha value is -7.74. The van der Waals surface area contributed by atoms with Gasteiger partial charge in [0, 0.05) is 17.1 Å². The molecule has 0 aliphatic rings. The summed E-state index contributed by atoms with van der Waals surface area (Å²) < 4.78 is 0. The van der Waals surface area contributed by atoms with Gasteiger partial charge < -0.3 is 4.90 Å². The van der Waals surface area contributed by atoms with Gasteiger partial charge in [0.15, 0.2) is 0 Å². The monoisotopic (exact) mass is 749 g/mol. The number of rotatable bonds is 7. The minimum Gasteiger partial charge on any atom is -0.310 e. The third-order valence-corrected chi connectivity index (χ3v) is 11.8. The van der Waals surface area contributed by atoms with E-state index in [0.29, 0.717) is 0 Å². The summed E-state index contributed by atoms with van der Waals surface area (Å²) in [6, 6.07) is 86.3. The topological polar surface area (TPSA) is 3.24 Å². The number of anilines is 3. The van der Waals surface area contributed by atoms with E-state index in [4.69, 9.17) is 0 Å². The average molecular weight is 750 g/mol. The van der Waals surface area contributed by atoms with Crippen molar-refractivity contribution in [1.29, 1.82) is 0 Å². The second-order valence-corrected chi connectivity index (χ2v) is 15.3. The lowest BCUT2D eigenvalue weighted by atomic mass is 9.91. The van der Waals surface area contributed by atoms with Gasteiger partial charge in [0.05, 0.1) is 0 Å². The molecule has 0 unspecified atom stereocenters. The van der Waals surface area contributed by atoms with E-state index in [1.165, 1.54) is 87.6 Å². The van der Waals surface area contributed by atoms with Crippen LogP contribution in [-0.2, 0) is 0 Å². The molecule has 0 saturated carbocycles. The van der Waals surface area contributed by atoms with Crippen molar-refractivity contribution in [2.75, 3.05) is 4.90 Å². The van der Waals surface area contributed by atoms with Crippen LogP contribution in [0.3, 0.4) is 0 Å². The van der Waals surface area contributed by atoms with Crippen molar-refractivity contribution >= 4 is 60.2 Å². The predicted octanol–water partition coefficient (Wildman–Crippen LogP) is 16.4. The first-order valence-electron chi connectivity index (χ1n) is 20.3. The average Bonchev–Trinajstić information content (AvgIpc) is 3.32. The van der Waals surface area contributed by atoms with E-state index >= 15 is 0 Å². The Bertz CT molecular complexity index is 3300. The lowest BCUT2D eigenvalue weighted by Gasteiger charge is -2.27. The van der Waals surface area contributed by atoms with Gasteiger partial charge in [-0.05, 0) is 130 Å². The molecule has 0 fully saturated rings. The van der Waals surface area contributed by atoms with Gasteiger partial charge in [0.25, 0.3) is 0 Å². The van der Waals surface area contributed by atoms with Gasteiger partial charge in [-0.3, -0.25) is 0 Å². The van der Waals surface area contributed by atoms with E-state index in [1.807, 2.05) is 0 Å². The zero-order chi connectivity index (χ0) is 39.1. The highest BCUT2D eigenvalue weighted by Crippen LogP contribution is 2.43. The van der Waals surface area contributed by atoms with Crippen molar-refractivity contribution in [3.05, 3.63) is 237 Å². The minimum atomic E-state index is 1.10. The first-order valence-corrected chi connectivity index (χ1v) is 20.3. The molecule has 59 heavy (non-hydrogen) atoms. The summed E-state index contributed by atoms with van der Waals surface area (Å²) in [6.07, 6.45) is 0. The maximum Gasteiger partial charge on any atom is 0.0468 e. The van der Waals surface area contributed by atoms with E-state index in [0.717, 1.165) is 17.1 Å². The Morgan fingerprint density at radius 1 is 0.203 bits per heavy atom. The molecule has 0 saturated heterocycles. The summed E-state index contributed by atoms with van der Waals surface area (Å²) in [5, 5.41) is 10.0. The summed E-state index contributed by atoms with van der Waals surface area (Å²) in [7, 11) is 0. The largest absolute Gasteiger partial charge is 0.310 e. The molecule has 0 N–H and O–H groups in total. The van der Waals surface area contributed by atoms with Crippen LogP contribution in [-0.4, -0.2) is 0 Å². The molecule has 11 rings (SSSR count). The quantitative estimate of drug-likeness (QED) is 0.147. The van der Waals surface area contributed by atoms with Gasteiger partial charge in [-0.25, -0.2) is 0 Å². The van der Waals surface area contributed by atoms with E-state index in [9.17, 15) is 0 Å². The molecule has 0 aliphatic carbocycles. The van der Waals surface area contributed by atoms with E-state index in [-0.39, 0.29) is 0 Å². The number of fused-ring (bicyclic) bond motifs is 5. The number of nitrogens with zero attached hydrogens (tertiary/aromatic N) is 1. The van der Waals surface area contributed by atoms with E-state index in [1.54, 1.807) is 0 Å². The molecule has 1 nitrogen and oxygen atoms in total. The van der Waals surface area contributed by atoms with Crippen molar-refractivity contribution in [2.45, 2.75) is 0 Å². The smallest absolute Gasteiger partial charge is 0.0468 e. The van der Waals surface area contributed by atoms with Gasteiger partial charge in [-0.15, -0.1) is 0 Å². The SMILES string of the molecule is c1ccc(-c2cc(N(c3ccc(-c4cc5ccccc5c5ccccc45)cc3)c3ccc4ccccc4c3)ccc2-c2ccc(-c3cccc4ccccc34)cc2)cc1. The van der Waals surface area contributed by atoms with Crippen molar-refractivity contribution in [3.63, 3.8) is 0 Å². The second kappa shape index (κ2) is 14.6. The highest BCUT2D eigenvalue weighted by atomic mass is 15.1. The van der Waals surface area contributed by atoms with Crippen molar-refractivity contribution in [1.82, 2.24) is 0 Å². The van der Waals surface area contributed by atoms with Crippen LogP contribution in [0.25, 0.3) is 87.6 Å². The molecule has 0 aliphatic heterocycles. The van der Waals surface area contributed by atoms with Crippen molar-refractivity contribution in [3.8, 4) is 44.5 Å². The van der Waals surface area contributed by atoms with Crippen LogP contribution >= 0.6 is 0 Å². The zero-order valence-electron chi connectivity index (χ0n) is 32.5. The fourth-order valence-corrected chi connectivity index (χ4v) is 8.93. The molecule has 0 heterocycles. The molecule has 11 aromatic rings. The third-order valence-electron chi connectivity index (χ3n) is 11.8. The standard InChI is InChI=1S/C58H39N/c1-2-14-42(15-3-1)58-39-50(35-36-54(58)44-27-25-43(26-28-44)52-24-12-19-41-16-6-8-20-51(41)52)59(49-34-29-40-13-4-5-17-46(40)37-49)48-32-30-45(31-33-48)57-38-47-18-7-9-21-53(47)55-22-10-11-23-56(55)57/h1-39H. The maximum absolute atomic E-state index is 2.40. The van der Waals surface area contributed by atoms with Gasteiger partial charge in [0.1, 0.15) is 0 Å². The summed E-state index contributed by atoms with van der Waals surface area (Å²) in [5.74, 6) is 0. The highest BCUT2D eigenvalue weighted by Gasteiger charge is 2.18. The lowest BCUT2D eigenvalue weighted by molar-refractivity contribution is 1.29. The van der Waals surface area contributed by atoms with Gasteiger partial charge in [-0.2, -0.15) is 0 Å². The van der Waals surface area contributed by atoms with Crippen LogP contribution in [0.5, 0.6) is 0 Å². The van der Waals surface area contributed by atoms with Crippen LogP contribution in [0.15, 0.2) is 237 Å². The Morgan fingerprint density at radius 2 is 0.712 bits per heavy atom. The lowest BCUT2D eigenvalue weighted by Crippen LogP contribution is -2.10. The van der Waals surface area contributed by atoms with Crippen LogP contribution < -0.4 is 4.90 Å². The minimum absolute atomic E-state index is 1.10. The van der Waals surface area contributed by atoms with Crippen LogP contribution in [0.4, 0.5) is 17.1 Å². The Morgan fingerprint density at radius 3 is 1.49 bits per heavy atom. The predicted molar refractivity (Wildman–Crippen MR) is 253 cm³/mol. The van der Waals surface area contributed by atoms with E-state index < -0.39 is 0 Å². The van der Waals surface area contributed by atoms with Gasteiger partial charge in [0.2, 0.25) is 0 Å². The molecule has 0 aromatic heterocycles. The summed E-state index contributed by atoms with van der Waals surface area (Å²) >= 11 is 0. The zero-order valence-corrected chi connectivity index (χ0v) is 32.5. The summed E-state index contributed by atoms with van der Waals surface area (Å²) in [4.78, 5) is 2.40. The van der Waals surface area contributed by atoms with Crippen LogP contribution in [0.2, 0.25) is 0 Å². The van der Waals surface area contributed by atoms with Gasteiger partial charge in [-0.1, -0.05) is 194 Å². The first-order chi connectivity index (χ1) is 29.2. The molecule has 276 valence electrons. The molecule has 1 heteroatoms. The van der Waals surface area contributed by atoms with Crippen molar-refractivity contribution < 1.29 is 0 Å². The third kappa shape index (κ3) is 6.30. The van der Waals surface area contributed by atoms with E-state index in [2.05, 4.69) is 241 Å². The number of hydrogen-bond donors (Lipinski definition) is 0. The maximum atomic E-state index is 2.40. The molecular formula is C58H39N. The van der Waals surface area contributed by atoms with Crippen molar-refractivity contribution in [2.24, 2.45) is 0 Å². The number of hydrogen-bond acceptors (Lipinski definition) is 1. The fourth-order valence-electron chi connectivity index (χ4n) is 8.93. The molecule has 0 amide bonds. The summed E-state index contributed by atoms with van der Waals surface area (Å²) in [5.41, 5.74) is 12.9. The second-order valence-electron chi connectivity index (χ2n) is 15.3. The Balaban J connectivity index is 1.04. The Kier molecular flexibility index (Phi) is 8.56. The summed E-state index contributed by atoms with van der Waals surface area (Å²) in [6.45, 7) is 0. The first kappa shape index (κ1) is 34.5.